The number of allylic oxidation sites excluding steroid dienone is 3. The number of anilines is 2. The SMILES string of the molecule is CCC1=CCC=C(C(=O)Nc2ccc(F)c(C34CN(c5ncc(F)cn5)CC3CSC(N)=N4)c2)N=C1. The Labute approximate surface area is 211 Å². The summed E-state index contributed by atoms with van der Waals surface area (Å²) >= 11 is 1.41. The van der Waals surface area contributed by atoms with Gasteiger partial charge in [-0.3, -0.25) is 9.79 Å². The summed E-state index contributed by atoms with van der Waals surface area (Å²) in [5, 5.41) is 3.20. The van der Waals surface area contributed by atoms with Crippen molar-refractivity contribution < 1.29 is 13.6 Å². The molecule has 1 fully saturated rings. The highest BCUT2D eigenvalue weighted by Gasteiger charge is 2.52. The quantitative estimate of drug-likeness (QED) is 0.635. The summed E-state index contributed by atoms with van der Waals surface area (Å²) in [6.45, 7) is 2.79. The van der Waals surface area contributed by atoms with Crippen LogP contribution in [0, 0.1) is 17.6 Å². The lowest BCUT2D eigenvalue weighted by atomic mass is 9.81. The molecule has 0 bridgehead atoms. The van der Waals surface area contributed by atoms with Crippen molar-refractivity contribution in [3.05, 3.63) is 71.2 Å². The van der Waals surface area contributed by atoms with Crippen molar-refractivity contribution in [1.82, 2.24) is 9.97 Å². The summed E-state index contributed by atoms with van der Waals surface area (Å²) in [7, 11) is 0. The fourth-order valence-corrected chi connectivity index (χ4v) is 5.70. The van der Waals surface area contributed by atoms with E-state index in [4.69, 9.17) is 10.7 Å². The van der Waals surface area contributed by atoms with E-state index in [9.17, 15) is 9.18 Å². The number of amides is 1. The molecule has 5 rings (SSSR count). The number of carbonyl (C=O) groups excluding carboxylic acids is 1. The molecule has 4 heterocycles. The zero-order valence-corrected chi connectivity index (χ0v) is 20.4. The van der Waals surface area contributed by atoms with Crippen LogP contribution >= 0.6 is 11.8 Å². The van der Waals surface area contributed by atoms with Gasteiger partial charge in [0.25, 0.3) is 5.91 Å². The van der Waals surface area contributed by atoms with E-state index < -0.39 is 17.2 Å². The van der Waals surface area contributed by atoms with E-state index in [0.717, 1.165) is 24.4 Å². The first-order valence-electron chi connectivity index (χ1n) is 11.6. The zero-order valence-electron chi connectivity index (χ0n) is 19.6. The van der Waals surface area contributed by atoms with E-state index in [-0.39, 0.29) is 18.4 Å². The first-order chi connectivity index (χ1) is 17.4. The van der Waals surface area contributed by atoms with Crippen LogP contribution in [0.5, 0.6) is 0 Å². The number of carbonyl (C=O) groups is 1. The third-order valence-corrected chi connectivity index (χ3v) is 7.53. The van der Waals surface area contributed by atoms with E-state index in [1.165, 1.54) is 23.9 Å². The van der Waals surface area contributed by atoms with Crippen molar-refractivity contribution in [3.63, 3.8) is 0 Å². The predicted molar refractivity (Wildman–Crippen MR) is 138 cm³/mol. The molecule has 36 heavy (non-hydrogen) atoms. The Morgan fingerprint density at radius 3 is 2.86 bits per heavy atom. The third kappa shape index (κ3) is 4.62. The Morgan fingerprint density at radius 2 is 2.08 bits per heavy atom. The molecule has 186 valence electrons. The summed E-state index contributed by atoms with van der Waals surface area (Å²) in [4.78, 5) is 32.0. The minimum absolute atomic E-state index is 0.100. The molecule has 1 aromatic heterocycles. The highest BCUT2D eigenvalue weighted by Crippen LogP contribution is 2.47. The molecule has 8 nitrogen and oxygen atoms in total. The molecule has 3 aliphatic heterocycles. The Bertz CT molecular complexity index is 1310. The van der Waals surface area contributed by atoms with Gasteiger partial charge in [-0.1, -0.05) is 24.8 Å². The monoisotopic (exact) mass is 509 g/mol. The number of aromatic nitrogens is 2. The lowest BCUT2D eigenvalue weighted by Crippen LogP contribution is -2.40. The molecule has 2 unspecified atom stereocenters. The number of hydrogen-bond donors (Lipinski definition) is 2. The van der Waals surface area contributed by atoms with Gasteiger partial charge >= 0.3 is 0 Å². The van der Waals surface area contributed by atoms with E-state index in [0.29, 0.717) is 46.8 Å². The van der Waals surface area contributed by atoms with Crippen LogP contribution in [0.1, 0.15) is 25.3 Å². The standard InChI is InChI=1S/C25H25F2N7OS/c1-2-15-4-3-5-21(29-9-15)22(35)32-18-6-7-20(27)19(8-18)25-14-34(24-30-10-17(26)11-31-24)12-16(25)13-36-23(28)33-25/h4-11,16H,2-3,12-14H2,1H3,(H2,28,33)(H,32,35). The number of nitrogens with zero attached hydrogens (tertiary/aromatic N) is 5. The van der Waals surface area contributed by atoms with Crippen LogP contribution < -0.4 is 16.0 Å². The maximum absolute atomic E-state index is 15.4. The second-order valence-corrected chi connectivity index (χ2v) is 9.87. The number of amidine groups is 1. The van der Waals surface area contributed by atoms with Crippen molar-refractivity contribution in [2.75, 3.05) is 29.1 Å². The van der Waals surface area contributed by atoms with Crippen LogP contribution in [0.3, 0.4) is 0 Å². The van der Waals surface area contributed by atoms with Crippen LogP contribution in [-0.2, 0) is 10.3 Å². The van der Waals surface area contributed by atoms with E-state index in [1.807, 2.05) is 17.9 Å². The van der Waals surface area contributed by atoms with Crippen molar-refractivity contribution in [1.29, 1.82) is 0 Å². The van der Waals surface area contributed by atoms with E-state index in [2.05, 4.69) is 20.3 Å². The van der Waals surface area contributed by atoms with Crippen molar-refractivity contribution in [3.8, 4) is 0 Å². The molecule has 1 aromatic carbocycles. The molecule has 0 saturated carbocycles. The fourth-order valence-electron chi connectivity index (χ4n) is 4.72. The molecule has 2 atom stereocenters. The maximum Gasteiger partial charge on any atom is 0.273 e. The molecular formula is C25H25F2N7OS. The van der Waals surface area contributed by atoms with Gasteiger partial charge in [-0.2, -0.15) is 0 Å². The lowest BCUT2D eigenvalue weighted by molar-refractivity contribution is -0.112. The second-order valence-electron chi connectivity index (χ2n) is 8.83. The minimum atomic E-state index is -1.00. The molecule has 3 aliphatic rings. The van der Waals surface area contributed by atoms with E-state index in [1.54, 1.807) is 18.4 Å². The first kappa shape index (κ1) is 24.1. The first-order valence-corrected chi connectivity index (χ1v) is 12.6. The summed E-state index contributed by atoms with van der Waals surface area (Å²) in [6, 6.07) is 4.45. The number of thioether (sulfide) groups is 1. The van der Waals surface area contributed by atoms with Gasteiger partial charge in [0.1, 0.15) is 17.1 Å². The van der Waals surface area contributed by atoms with Gasteiger partial charge in [0.05, 0.1) is 18.9 Å². The van der Waals surface area contributed by atoms with Crippen molar-refractivity contribution in [2.24, 2.45) is 21.6 Å². The second kappa shape index (κ2) is 9.81. The average molecular weight is 510 g/mol. The van der Waals surface area contributed by atoms with Crippen molar-refractivity contribution in [2.45, 2.75) is 25.3 Å². The number of aliphatic imine (C=N–C) groups is 2. The molecule has 11 heteroatoms. The summed E-state index contributed by atoms with van der Waals surface area (Å²) in [5.41, 5.74) is 7.22. The number of nitrogens with one attached hydrogen (secondary N) is 1. The van der Waals surface area contributed by atoms with Gasteiger partial charge in [0.15, 0.2) is 11.0 Å². The molecule has 0 radical (unpaired) electrons. The largest absolute Gasteiger partial charge is 0.379 e. The summed E-state index contributed by atoms with van der Waals surface area (Å²) in [6.07, 6.45) is 9.12. The smallest absolute Gasteiger partial charge is 0.273 e. The Kier molecular flexibility index (Phi) is 6.57. The highest BCUT2D eigenvalue weighted by atomic mass is 32.2. The van der Waals surface area contributed by atoms with Gasteiger partial charge in [0.2, 0.25) is 5.95 Å². The Morgan fingerprint density at radius 1 is 1.28 bits per heavy atom. The number of hydrogen-bond acceptors (Lipinski definition) is 8. The van der Waals surface area contributed by atoms with Gasteiger partial charge in [-0.05, 0) is 42.7 Å². The Balaban J connectivity index is 1.45. The molecule has 0 aliphatic carbocycles. The molecular weight excluding hydrogens is 484 g/mol. The van der Waals surface area contributed by atoms with E-state index >= 15 is 4.39 Å². The fraction of sp³-hybridized carbons (Fsp3) is 0.320. The number of benzene rings is 1. The lowest BCUT2D eigenvalue weighted by Gasteiger charge is -2.35. The third-order valence-electron chi connectivity index (χ3n) is 6.57. The molecule has 0 spiro atoms. The molecule has 2 aromatic rings. The average Bonchev–Trinajstić information content (AvgIpc) is 3.08. The number of fused-ring (bicyclic) bond motifs is 1. The van der Waals surface area contributed by atoms with Crippen LogP contribution in [0.2, 0.25) is 0 Å². The maximum atomic E-state index is 15.4. The minimum Gasteiger partial charge on any atom is -0.379 e. The van der Waals surface area contributed by atoms with Crippen LogP contribution in [0.25, 0.3) is 0 Å². The van der Waals surface area contributed by atoms with Gasteiger partial charge in [0, 0.05) is 35.7 Å². The topological polar surface area (TPSA) is 109 Å². The van der Waals surface area contributed by atoms with Crippen LogP contribution in [0.4, 0.5) is 20.4 Å². The summed E-state index contributed by atoms with van der Waals surface area (Å²) in [5.74, 6) is -0.501. The number of rotatable bonds is 5. The Hall–Kier alpha value is -3.60. The normalized spacial score (nSPS) is 23.4. The predicted octanol–water partition coefficient (Wildman–Crippen LogP) is 3.78. The van der Waals surface area contributed by atoms with Crippen molar-refractivity contribution >= 4 is 40.7 Å². The number of halogens is 2. The number of nitrogens with two attached hydrogens (primary N) is 1. The van der Waals surface area contributed by atoms with Gasteiger partial charge < -0.3 is 16.0 Å². The highest BCUT2D eigenvalue weighted by molar-refractivity contribution is 8.13. The molecule has 3 N–H and O–H groups in total. The zero-order chi connectivity index (χ0) is 25.3. The van der Waals surface area contributed by atoms with Crippen LogP contribution in [-0.4, -0.2) is 46.1 Å². The molecule has 1 amide bonds. The van der Waals surface area contributed by atoms with Gasteiger partial charge in [-0.25, -0.2) is 23.7 Å². The summed E-state index contributed by atoms with van der Waals surface area (Å²) < 4.78 is 28.7. The van der Waals surface area contributed by atoms with Gasteiger partial charge in [-0.15, -0.1) is 0 Å². The van der Waals surface area contributed by atoms with Crippen LogP contribution in [0.15, 0.2) is 64.0 Å². The molecule has 1 saturated heterocycles.